The molecule has 3 rings (SSSR count). The van der Waals surface area contributed by atoms with Crippen LogP contribution in [0.4, 0.5) is 0 Å². The monoisotopic (exact) mass is 277 g/mol. The quantitative estimate of drug-likeness (QED) is 0.886. The van der Waals surface area contributed by atoms with Crippen molar-refractivity contribution in [3.05, 3.63) is 41.7 Å². The fourth-order valence-corrected chi connectivity index (χ4v) is 2.89. The Kier molecular flexibility index (Phi) is 2.91. The van der Waals surface area contributed by atoms with Gasteiger partial charge in [-0.25, -0.2) is 13.1 Å². The molecule has 0 spiro atoms. The largest absolute Gasteiger partial charge is 0.312 e. The Balaban J connectivity index is 2.10. The van der Waals surface area contributed by atoms with Crippen LogP contribution in [0.1, 0.15) is 11.1 Å². The minimum absolute atomic E-state index is 0.249. The molecule has 2 heterocycles. The summed E-state index contributed by atoms with van der Waals surface area (Å²) in [6.07, 6.45) is 5.10. The molecule has 0 amide bonds. The van der Waals surface area contributed by atoms with E-state index in [4.69, 9.17) is 0 Å². The Morgan fingerprint density at radius 1 is 1.37 bits per heavy atom. The van der Waals surface area contributed by atoms with Crippen LogP contribution in [-0.4, -0.2) is 31.0 Å². The molecule has 2 aromatic rings. The Labute approximate surface area is 112 Å². The number of nitrogens with zero attached hydrogens (tertiary/aromatic N) is 2. The second kappa shape index (κ2) is 4.47. The van der Waals surface area contributed by atoms with Crippen LogP contribution >= 0.6 is 0 Å². The minimum Gasteiger partial charge on any atom is -0.312 e. The summed E-state index contributed by atoms with van der Waals surface area (Å²) in [5.41, 5.74) is 3.46. The van der Waals surface area contributed by atoms with Gasteiger partial charge in [0.1, 0.15) is 4.90 Å². The number of hydrogen-bond donors (Lipinski definition) is 1. The number of aromatic nitrogens is 2. The Morgan fingerprint density at radius 3 is 2.95 bits per heavy atom. The third-order valence-corrected chi connectivity index (χ3v) is 4.42. The van der Waals surface area contributed by atoms with E-state index in [2.05, 4.69) is 16.5 Å². The second-order valence-corrected chi connectivity index (χ2v) is 6.75. The predicted octanol–water partition coefficient (Wildman–Crippen LogP) is 0.921. The van der Waals surface area contributed by atoms with E-state index < -0.39 is 9.84 Å². The first-order valence-electron chi connectivity index (χ1n) is 6.12. The first kappa shape index (κ1) is 12.4. The minimum atomic E-state index is -3.21. The lowest BCUT2D eigenvalue weighted by atomic mass is 9.99. The normalized spacial score (nSPS) is 15.2. The molecular formula is C13H15N3O2S. The van der Waals surface area contributed by atoms with Crippen molar-refractivity contribution in [1.82, 2.24) is 15.1 Å². The summed E-state index contributed by atoms with van der Waals surface area (Å²) in [6, 6.07) is 6.04. The molecule has 0 bridgehead atoms. The van der Waals surface area contributed by atoms with Gasteiger partial charge in [-0.3, -0.25) is 0 Å². The first-order valence-corrected chi connectivity index (χ1v) is 8.01. The average molecular weight is 277 g/mol. The number of nitrogens with one attached hydrogen (secondary N) is 1. The van der Waals surface area contributed by atoms with Gasteiger partial charge >= 0.3 is 0 Å². The van der Waals surface area contributed by atoms with Gasteiger partial charge in [0.2, 0.25) is 0 Å². The van der Waals surface area contributed by atoms with Crippen LogP contribution in [0.5, 0.6) is 0 Å². The van der Waals surface area contributed by atoms with Crippen LogP contribution in [0, 0.1) is 0 Å². The zero-order valence-corrected chi connectivity index (χ0v) is 11.4. The van der Waals surface area contributed by atoms with E-state index in [1.54, 1.807) is 10.9 Å². The smallest absolute Gasteiger partial charge is 0.178 e. The molecule has 6 heteroatoms. The Morgan fingerprint density at radius 2 is 2.21 bits per heavy atom. The number of rotatable bonds is 2. The summed E-state index contributed by atoms with van der Waals surface area (Å²) < 4.78 is 24.7. The van der Waals surface area contributed by atoms with E-state index in [9.17, 15) is 8.42 Å². The van der Waals surface area contributed by atoms with Crippen molar-refractivity contribution in [3.63, 3.8) is 0 Å². The summed E-state index contributed by atoms with van der Waals surface area (Å²) in [5.74, 6) is 0. The van der Waals surface area contributed by atoms with Gasteiger partial charge in [0.15, 0.2) is 9.84 Å². The van der Waals surface area contributed by atoms with Gasteiger partial charge in [0.05, 0.1) is 11.9 Å². The molecule has 0 saturated carbocycles. The topological polar surface area (TPSA) is 64.0 Å². The summed E-state index contributed by atoms with van der Waals surface area (Å²) in [6.45, 7) is 1.79. The summed E-state index contributed by atoms with van der Waals surface area (Å²) in [4.78, 5) is 0.249. The predicted molar refractivity (Wildman–Crippen MR) is 72.1 cm³/mol. The molecule has 0 aliphatic carbocycles. The van der Waals surface area contributed by atoms with Gasteiger partial charge in [0.25, 0.3) is 0 Å². The van der Waals surface area contributed by atoms with Crippen LogP contribution in [0.25, 0.3) is 5.69 Å². The van der Waals surface area contributed by atoms with Crippen LogP contribution in [0.2, 0.25) is 0 Å². The van der Waals surface area contributed by atoms with Crippen molar-refractivity contribution in [2.24, 2.45) is 0 Å². The van der Waals surface area contributed by atoms with Crippen molar-refractivity contribution in [1.29, 1.82) is 0 Å². The van der Waals surface area contributed by atoms with Crippen molar-refractivity contribution in [2.45, 2.75) is 17.9 Å². The van der Waals surface area contributed by atoms with Gasteiger partial charge < -0.3 is 5.32 Å². The maximum absolute atomic E-state index is 11.5. The fourth-order valence-electron chi connectivity index (χ4n) is 2.36. The van der Waals surface area contributed by atoms with Gasteiger partial charge in [-0.05, 0) is 30.2 Å². The van der Waals surface area contributed by atoms with E-state index in [1.807, 2.05) is 12.1 Å². The van der Waals surface area contributed by atoms with E-state index in [0.717, 1.165) is 25.2 Å². The first-order chi connectivity index (χ1) is 9.05. The van der Waals surface area contributed by atoms with Crippen molar-refractivity contribution in [2.75, 3.05) is 12.8 Å². The highest BCUT2D eigenvalue weighted by molar-refractivity contribution is 7.90. The molecule has 19 heavy (non-hydrogen) atoms. The van der Waals surface area contributed by atoms with Gasteiger partial charge in [0, 0.05) is 19.0 Å². The lowest BCUT2D eigenvalue weighted by Crippen LogP contribution is -2.24. The molecule has 100 valence electrons. The van der Waals surface area contributed by atoms with Gasteiger partial charge in [-0.1, -0.05) is 12.1 Å². The molecule has 5 nitrogen and oxygen atoms in total. The van der Waals surface area contributed by atoms with Gasteiger partial charge in [-0.2, -0.15) is 5.10 Å². The zero-order chi connectivity index (χ0) is 13.5. The summed E-state index contributed by atoms with van der Waals surface area (Å²) >= 11 is 0. The zero-order valence-electron chi connectivity index (χ0n) is 10.6. The van der Waals surface area contributed by atoms with Crippen LogP contribution in [-0.2, 0) is 22.8 Å². The maximum atomic E-state index is 11.5. The summed E-state index contributed by atoms with van der Waals surface area (Å²) in [7, 11) is -3.21. The molecule has 0 unspecified atom stereocenters. The standard InChI is InChI=1S/C13H15N3O2S/c1-19(17,18)11-8-15-16(9-11)13-4-2-3-10-7-14-6-5-12(10)13/h2-4,8-9,14H,5-7H2,1H3. The number of benzene rings is 1. The van der Waals surface area contributed by atoms with Crippen molar-refractivity contribution in [3.8, 4) is 5.69 Å². The molecule has 1 aliphatic heterocycles. The highest BCUT2D eigenvalue weighted by atomic mass is 32.2. The molecule has 1 N–H and O–H groups in total. The summed E-state index contributed by atoms with van der Waals surface area (Å²) in [5, 5.41) is 7.50. The van der Waals surface area contributed by atoms with Gasteiger partial charge in [-0.15, -0.1) is 0 Å². The van der Waals surface area contributed by atoms with E-state index in [1.165, 1.54) is 23.6 Å². The number of sulfone groups is 1. The third kappa shape index (κ3) is 2.29. The Bertz CT molecular complexity index is 719. The SMILES string of the molecule is CS(=O)(=O)c1cnn(-c2cccc3c2CCNC3)c1. The van der Waals surface area contributed by atoms with Crippen molar-refractivity contribution >= 4 is 9.84 Å². The van der Waals surface area contributed by atoms with E-state index in [-0.39, 0.29) is 4.90 Å². The molecule has 0 radical (unpaired) electrons. The molecule has 0 fully saturated rings. The van der Waals surface area contributed by atoms with Crippen LogP contribution in [0.15, 0.2) is 35.5 Å². The fraction of sp³-hybridized carbons (Fsp3) is 0.308. The Hall–Kier alpha value is -1.66. The average Bonchev–Trinajstić information content (AvgIpc) is 2.87. The van der Waals surface area contributed by atoms with E-state index >= 15 is 0 Å². The van der Waals surface area contributed by atoms with E-state index in [0.29, 0.717) is 0 Å². The molecule has 1 aromatic carbocycles. The number of hydrogen-bond acceptors (Lipinski definition) is 4. The molecule has 1 aromatic heterocycles. The molecular weight excluding hydrogens is 262 g/mol. The highest BCUT2D eigenvalue weighted by Crippen LogP contribution is 2.22. The lowest BCUT2D eigenvalue weighted by Gasteiger charge is -2.20. The maximum Gasteiger partial charge on any atom is 0.178 e. The molecule has 0 saturated heterocycles. The lowest BCUT2D eigenvalue weighted by molar-refractivity contribution is 0.602. The van der Waals surface area contributed by atoms with Crippen molar-refractivity contribution < 1.29 is 8.42 Å². The molecule has 1 aliphatic rings. The van der Waals surface area contributed by atoms with Crippen LogP contribution < -0.4 is 5.32 Å². The number of fused-ring (bicyclic) bond motifs is 1. The third-order valence-electron chi connectivity index (χ3n) is 3.35. The second-order valence-electron chi connectivity index (χ2n) is 4.73. The van der Waals surface area contributed by atoms with Crippen LogP contribution in [0.3, 0.4) is 0 Å². The molecule has 0 atom stereocenters. The highest BCUT2D eigenvalue weighted by Gasteiger charge is 2.16.